The molecule has 1 heterocycles. The Hall–Kier alpha value is -2.60. The molecule has 1 aromatic rings. The summed E-state index contributed by atoms with van der Waals surface area (Å²) in [6, 6.07) is 4.19. The monoisotopic (exact) mass is 298 g/mol. The molecule has 22 heavy (non-hydrogen) atoms. The summed E-state index contributed by atoms with van der Waals surface area (Å²) >= 11 is 0. The number of hydrogen-bond donors (Lipinski definition) is 2. The zero-order valence-corrected chi connectivity index (χ0v) is 12.4. The van der Waals surface area contributed by atoms with Crippen LogP contribution in [0.3, 0.4) is 0 Å². The fourth-order valence-electron chi connectivity index (χ4n) is 2.74. The molecule has 114 valence electrons. The SMILES string of the molecule is N#Cc1c(NCCC(=O)O)nc2c(c1C#N)CCCCCC2. The van der Waals surface area contributed by atoms with Gasteiger partial charge >= 0.3 is 5.97 Å². The van der Waals surface area contributed by atoms with Crippen molar-refractivity contribution < 1.29 is 9.90 Å². The molecule has 2 rings (SSSR count). The number of anilines is 1. The van der Waals surface area contributed by atoms with Crippen LogP contribution in [0.1, 0.15) is 54.5 Å². The molecule has 0 saturated heterocycles. The zero-order chi connectivity index (χ0) is 15.9. The highest BCUT2D eigenvalue weighted by Crippen LogP contribution is 2.28. The largest absolute Gasteiger partial charge is 0.481 e. The maximum Gasteiger partial charge on any atom is 0.305 e. The molecule has 0 amide bonds. The Kier molecular flexibility index (Phi) is 5.32. The summed E-state index contributed by atoms with van der Waals surface area (Å²) in [7, 11) is 0. The van der Waals surface area contributed by atoms with Gasteiger partial charge in [0, 0.05) is 12.2 Å². The molecule has 1 aliphatic carbocycles. The topological polar surface area (TPSA) is 110 Å². The van der Waals surface area contributed by atoms with E-state index in [-0.39, 0.29) is 18.5 Å². The van der Waals surface area contributed by atoms with Crippen molar-refractivity contribution in [3.63, 3.8) is 0 Å². The van der Waals surface area contributed by atoms with Gasteiger partial charge < -0.3 is 10.4 Å². The molecule has 0 radical (unpaired) electrons. The van der Waals surface area contributed by atoms with Crippen molar-refractivity contribution in [3.05, 3.63) is 22.4 Å². The molecule has 0 bridgehead atoms. The minimum atomic E-state index is -0.919. The van der Waals surface area contributed by atoms with Crippen molar-refractivity contribution in [1.29, 1.82) is 10.5 Å². The van der Waals surface area contributed by atoms with E-state index in [0.29, 0.717) is 11.4 Å². The molecule has 0 atom stereocenters. The number of aliphatic carboxylic acids is 1. The Morgan fingerprint density at radius 1 is 1.14 bits per heavy atom. The van der Waals surface area contributed by atoms with Gasteiger partial charge in [-0.1, -0.05) is 12.8 Å². The van der Waals surface area contributed by atoms with Crippen LogP contribution in [0.4, 0.5) is 5.82 Å². The lowest BCUT2D eigenvalue weighted by molar-refractivity contribution is -0.136. The van der Waals surface area contributed by atoms with Gasteiger partial charge in [0.1, 0.15) is 23.5 Å². The number of pyridine rings is 1. The van der Waals surface area contributed by atoms with E-state index in [4.69, 9.17) is 5.11 Å². The van der Waals surface area contributed by atoms with Crippen molar-refractivity contribution >= 4 is 11.8 Å². The molecule has 0 aliphatic heterocycles. The molecule has 0 aromatic carbocycles. The third-order valence-corrected chi connectivity index (χ3v) is 3.83. The smallest absolute Gasteiger partial charge is 0.305 e. The first-order chi connectivity index (χ1) is 10.7. The quantitative estimate of drug-likeness (QED) is 0.883. The third kappa shape index (κ3) is 3.53. The van der Waals surface area contributed by atoms with Gasteiger partial charge in [0.15, 0.2) is 0 Å². The summed E-state index contributed by atoms with van der Waals surface area (Å²) in [5.41, 5.74) is 2.38. The number of aromatic nitrogens is 1. The van der Waals surface area contributed by atoms with Crippen molar-refractivity contribution in [3.8, 4) is 12.1 Å². The summed E-state index contributed by atoms with van der Waals surface area (Å²) in [6.07, 6.45) is 5.80. The van der Waals surface area contributed by atoms with Crippen LogP contribution in [0.5, 0.6) is 0 Å². The van der Waals surface area contributed by atoms with Crippen LogP contribution in [0, 0.1) is 22.7 Å². The minimum Gasteiger partial charge on any atom is -0.481 e. The Bertz CT molecular complexity index is 656. The lowest BCUT2D eigenvalue weighted by Gasteiger charge is -2.17. The van der Waals surface area contributed by atoms with E-state index < -0.39 is 5.97 Å². The zero-order valence-electron chi connectivity index (χ0n) is 12.4. The molecule has 1 aromatic heterocycles. The normalized spacial score (nSPS) is 13.9. The predicted octanol–water partition coefficient (Wildman–Crippen LogP) is 2.37. The number of hydrogen-bond acceptors (Lipinski definition) is 5. The fraction of sp³-hybridized carbons (Fsp3) is 0.500. The molecule has 2 N–H and O–H groups in total. The Morgan fingerprint density at radius 2 is 1.82 bits per heavy atom. The first-order valence-corrected chi connectivity index (χ1v) is 7.49. The molecule has 0 spiro atoms. The average molecular weight is 298 g/mol. The van der Waals surface area contributed by atoms with Gasteiger partial charge in [-0.3, -0.25) is 4.79 Å². The Balaban J connectivity index is 2.41. The lowest BCUT2D eigenvalue weighted by Crippen LogP contribution is -2.14. The van der Waals surface area contributed by atoms with Crippen LogP contribution in [-0.2, 0) is 17.6 Å². The predicted molar refractivity (Wildman–Crippen MR) is 80.3 cm³/mol. The standard InChI is InChI=1S/C16H18N4O2/c17-9-12-11-5-3-1-2-4-6-14(11)20-16(13(12)10-18)19-8-7-15(21)22/h1-8H2,(H,19,20)(H,21,22). The second-order valence-electron chi connectivity index (χ2n) is 5.34. The maximum absolute atomic E-state index is 10.6. The third-order valence-electron chi connectivity index (χ3n) is 3.83. The molecular formula is C16H18N4O2. The van der Waals surface area contributed by atoms with E-state index in [0.717, 1.165) is 49.8 Å². The van der Waals surface area contributed by atoms with Gasteiger partial charge in [0.25, 0.3) is 0 Å². The van der Waals surface area contributed by atoms with Crippen molar-refractivity contribution in [2.75, 3.05) is 11.9 Å². The van der Waals surface area contributed by atoms with Crippen LogP contribution in [0.15, 0.2) is 0 Å². The maximum atomic E-state index is 10.6. The van der Waals surface area contributed by atoms with Crippen molar-refractivity contribution in [2.45, 2.75) is 44.9 Å². The van der Waals surface area contributed by atoms with Crippen LogP contribution in [0.2, 0.25) is 0 Å². The molecule has 6 nitrogen and oxygen atoms in total. The first-order valence-electron chi connectivity index (χ1n) is 7.49. The summed E-state index contributed by atoms with van der Waals surface area (Å²) < 4.78 is 0. The highest BCUT2D eigenvalue weighted by atomic mass is 16.4. The van der Waals surface area contributed by atoms with Gasteiger partial charge in [-0.05, 0) is 31.2 Å². The number of nitrogens with one attached hydrogen (secondary N) is 1. The molecule has 0 saturated carbocycles. The van der Waals surface area contributed by atoms with E-state index in [1.165, 1.54) is 0 Å². The second-order valence-corrected chi connectivity index (χ2v) is 5.34. The van der Waals surface area contributed by atoms with E-state index in [9.17, 15) is 15.3 Å². The van der Waals surface area contributed by atoms with E-state index in [1.54, 1.807) is 0 Å². The highest BCUT2D eigenvalue weighted by molar-refractivity contribution is 5.68. The van der Waals surface area contributed by atoms with Crippen molar-refractivity contribution in [1.82, 2.24) is 4.98 Å². The van der Waals surface area contributed by atoms with Crippen LogP contribution >= 0.6 is 0 Å². The molecular weight excluding hydrogens is 280 g/mol. The minimum absolute atomic E-state index is 0.0640. The molecule has 6 heteroatoms. The molecule has 0 fully saturated rings. The van der Waals surface area contributed by atoms with Crippen LogP contribution in [0.25, 0.3) is 0 Å². The number of carboxylic acids is 1. The number of carboxylic acid groups (broad SMARTS) is 1. The van der Waals surface area contributed by atoms with E-state index >= 15 is 0 Å². The second kappa shape index (κ2) is 7.42. The Labute approximate surface area is 129 Å². The number of rotatable bonds is 4. The fourth-order valence-corrected chi connectivity index (χ4v) is 2.74. The molecule has 1 aliphatic rings. The lowest BCUT2D eigenvalue weighted by atomic mass is 9.91. The molecule has 0 unspecified atom stereocenters. The van der Waals surface area contributed by atoms with Gasteiger partial charge in [0.05, 0.1) is 12.0 Å². The van der Waals surface area contributed by atoms with Gasteiger partial charge in [-0.2, -0.15) is 10.5 Å². The Morgan fingerprint density at radius 3 is 2.45 bits per heavy atom. The number of aryl methyl sites for hydroxylation is 1. The highest BCUT2D eigenvalue weighted by Gasteiger charge is 2.20. The summed E-state index contributed by atoms with van der Waals surface area (Å²) in [5, 5.41) is 30.4. The summed E-state index contributed by atoms with van der Waals surface area (Å²) in [4.78, 5) is 15.1. The van der Waals surface area contributed by atoms with Crippen LogP contribution < -0.4 is 5.32 Å². The average Bonchev–Trinajstić information content (AvgIpc) is 2.47. The summed E-state index contributed by atoms with van der Waals surface area (Å²) in [6.45, 7) is 0.181. The number of fused-ring (bicyclic) bond motifs is 1. The van der Waals surface area contributed by atoms with Gasteiger partial charge in [-0.15, -0.1) is 0 Å². The number of nitrogens with zero attached hydrogens (tertiary/aromatic N) is 3. The van der Waals surface area contributed by atoms with Gasteiger partial charge in [-0.25, -0.2) is 4.98 Å². The first kappa shape index (κ1) is 15.8. The van der Waals surface area contributed by atoms with Crippen LogP contribution in [-0.4, -0.2) is 22.6 Å². The number of carbonyl (C=O) groups is 1. The summed E-state index contributed by atoms with van der Waals surface area (Å²) in [5.74, 6) is -0.586. The van der Waals surface area contributed by atoms with Crippen molar-refractivity contribution in [2.24, 2.45) is 0 Å². The van der Waals surface area contributed by atoms with E-state index in [2.05, 4.69) is 16.4 Å². The van der Waals surface area contributed by atoms with Gasteiger partial charge in [0.2, 0.25) is 0 Å². The number of nitriles is 2. The van der Waals surface area contributed by atoms with E-state index in [1.807, 2.05) is 6.07 Å².